The number of hydrogen-bond donors (Lipinski definition) is 2. The van der Waals surface area contributed by atoms with Gasteiger partial charge in [0.1, 0.15) is 23.9 Å². The maximum atomic E-state index is 14.1. The van der Waals surface area contributed by atoms with E-state index in [1.807, 2.05) is 31.2 Å². The van der Waals surface area contributed by atoms with E-state index in [4.69, 9.17) is 9.79 Å². The zero-order valence-corrected chi connectivity index (χ0v) is 16.7. The Morgan fingerprint density at radius 1 is 1.17 bits per heavy atom. The number of aryl methyl sites for hydroxylation is 1. The van der Waals surface area contributed by atoms with Crippen molar-refractivity contribution in [3.63, 3.8) is 0 Å². The van der Waals surface area contributed by atoms with Crippen molar-refractivity contribution in [2.45, 2.75) is 13.5 Å². The van der Waals surface area contributed by atoms with Gasteiger partial charge in [-0.05, 0) is 30.2 Å². The number of carbonyl (C=O) groups excluding carboxylic acids is 1. The molecule has 0 aliphatic rings. The second-order valence-electron chi connectivity index (χ2n) is 6.40. The van der Waals surface area contributed by atoms with Crippen LogP contribution < -0.4 is 4.90 Å². The number of anilines is 1. The molecule has 0 unspecified atom stereocenters. The Bertz CT molecular complexity index is 1090. The number of aromatic nitrogens is 2. The van der Waals surface area contributed by atoms with Crippen LogP contribution in [-0.2, 0) is 15.6 Å². The Hall–Kier alpha value is -2.91. The lowest BCUT2D eigenvalue weighted by molar-refractivity contribution is 0.0947. The Morgan fingerprint density at radius 3 is 2.47 bits per heavy atom. The first-order chi connectivity index (χ1) is 14.2. The minimum atomic E-state index is -4.96. The fraction of sp³-hybridized carbons (Fsp3) is 0.158. The number of nitrogens with zero attached hydrogens (tertiary/aromatic N) is 3. The van der Waals surface area contributed by atoms with Crippen LogP contribution in [0.2, 0.25) is 0 Å². The Kier molecular flexibility index (Phi) is 6.42. The van der Waals surface area contributed by atoms with Gasteiger partial charge in [-0.3, -0.25) is 18.9 Å². The van der Waals surface area contributed by atoms with Gasteiger partial charge in [-0.25, -0.2) is 13.3 Å². The van der Waals surface area contributed by atoms with Crippen LogP contribution in [-0.4, -0.2) is 32.2 Å². The van der Waals surface area contributed by atoms with Crippen LogP contribution in [0.15, 0.2) is 54.9 Å². The van der Waals surface area contributed by atoms with E-state index in [0.717, 1.165) is 29.3 Å². The minimum Gasteiger partial charge on any atom is -0.303 e. The summed E-state index contributed by atoms with van der Waals surface area (Å²) < 4.78 is 45.2. The second kappa shape index (κ2) is 8.85. The lowest BCUT2D eigenvalue weighted by Crippen LogP contribution is -2.34. The highest BCUT2D eigenvalue weighted by molar-refractivity contribution is 7.46. The molecule has 0 radical (unpaired) electrons. The van der Waals surface area contributed by atoms with Crippen molar-refractivity contribution in [2.24, 2.45) is 0 Å². The summed E-state index contributed by atoms with van der Waals surface area (Å²) in [4.78, 5) is 31.5. The lowest BCUT2D eigenvalue weighted by atomic mass is 10.1. The number of phosphoric acid groups is 1. The van der Waals surface area contributed by atoms with Crippen LogP contribution >= 0.6 is 7.82 Å². The normalized spacial score (nSPS) is 11.5. The summed E-state index contributed by atoms with van der Waals surface area (Å²) in [7, 11) is -4.96. The number of amides is 1. The van der Waals surface area contributed by atoms with Gasteiger partial charge in [-0.15, -0.1) is 0 Å². The van der Waals surface area contributed by atoms with Crippen LogP contribution in [0.4, 0.5) is 14.5 Å². The molecule has 0 fully saturated rings. The van der Waals surface area contributed by atoms with E-state index in [1.165, 1.54) is 17.1 Å². The molecular formula is C19H18F2N3O5P. The number of phosphoric ester groups is 1. The van der Waals surface area contributed by atoms with Gasteiger partial charge in [0.25, 0.3) is 5.91 Å². The van der Waals surface area contributed by atoms with Gasteiger partial charge < -0.3 is 9.79 Å². The monoisotopic (exact) mass is 437 g/mol. The lowest BCUT2D eigenvalue weighted by Gasteiger charge is -2.21. The molecule has 0 aliphatic heterocycles. The predicted octanol–water partition coefficient (Wildman–Crippen LogP) is 3.23. The molecule has 2 N–H and O–H groups in total. The molecule has 0 bridgehead atoms. The maximum absolute atomic E-state index is 14.1. The molecule has 0 saturated carbocycles. The fourth-order valence-electron chi connectivity index (χ4n) is 2.76. The largest absolute Gasteiger partial charge is 0.471 e. The quantitative estimate of drug-likeness (QED) is 0.435. The van der Waals surface area contributed by atoms with Crippen molar-refractivity contribution in [2.75, 3.05) is 11.6 Å². The molecule has 0 spiro atoms. The fourth-order valence-corrected chi connectivity index (χ4v) is 3.03. The SMILES string of the molecule is Cc1ccccc1Cn1cc(N(COP(=O)(O)O)C(=O)c2c(F)cccc2F)cn1. The summed E-state index contributed by atoms with van der Waals surface area (Å²) in [5, 5.41) is 4.12. The summed E-state index contributed by atoms with van der Waals surface area (Å²) >= 11 is 0. The van der Waals surface area contributed by atoms with E-state index in [9.17, 15) is 18.1 Å². The summed E-state index contributed by atoms with van der Waals surface area (Å²) in [5.41, 5.74) is 1.14. The van der Waals surface area contributed by atoms with Crippen LogP contribution in [0.25, 0.3) is 0 Å². The molecule has 0 saturated heterocycles. The smallest absolute Gasteiger partial charge is 0.303 e. The highest BCUT2D eigenvalue weighted by atomic mass is 31.2. The zero-order chi connectivity index (χ0) is 21.9. The summed E-state index contributed by atoms with van der Waals surface area (Å²) in [5.74, 6) is -3.41. The number of rotatable bonds is 7. The molecule has 1 amide bonds. The van der Waals surface area contributed by atoms with E-state index >= 15 is 0 Å². The first-order valence-electron chi connectivity index (χ1n) is 8.68. The van der Waals surface area contributed by atoms with Crippen LogP contribution in [0, 0.1) is 18.6 Å². The molecule has 1 aromatic heterocycles. The highest BCUT2D eigenvalue weighted by Crippen LogP contribution is 2.36. The van der Waals surface area contributed by atoms with Gasteiger partial charge in [-0.2, -0.15) is 5.10 Å². The van der Waals surface area contributed by atoms with Crippen molar-refractivity contribution < 1.29 is 32.5 Å². The molecule has 0 aliphatic carbocycles. The molecule has 0 atom stereocenters. The number of carbonyl (C=O) groups is 1. The average Bonchev–Trinajstić information content (AvgIpc) is 3.11. The van der Waals surface area contributed by atoms with E-state index < -0.39 is 37.7 Å². The topological polar surface area (TPSA) is 105 Å². The number of benzene rings is 2. The van der Waals surface area contributed by atoms with Crippen LogP contribution in [0.5, 0.6) is 0 Å². The zero-order valence-electron chi connectivity index (χ0n) is 15.8. The van der Waals surface area contributed by atoms with Crippen molar-refractivity contribution in [3.8, 4) is 0 Å². The van der Waals surface area contributed by atoms with Gasteiger partial charge in [0.15, 0.2) is 0 Å². The molecule has 1 heterocycles. The first kappa shape index (κ1) is 21.8. The van der Waals surface area contributed by atoms with Gasteiger partial charge in [0, 0.05) is 6.20 Å². The molecule has 3 aromatic rings. The van der Waals surface area contributed by atoms with Gasteiger partial charge >= 0.3 is 7.82 Å². The summed E-state index contributed by atoms with van der Waals surface area (Å²) in [6, 6.07) is 10.5. The van der Waals surface area contributed by atoms with E-state index in [2.05, 4.69) is 9.62 Å². The minimum absolute atomic E-state index is 0.0460. The standard InChI is InChI=1S/C19H18F2N3O5P/c1-13-5-2-3-6-14(13)10-23-11-15(9-22-23)24(12-29-30(26,27)28)19(25)18-16(20)7-4-8-17(18)21/h2-9,11H,10,12H2,1H3,(H2,26,27,28). The third kappa shape index (κ3) is 5.17. The highest BCUT2D eigenvalue weighted by Gasteiger charge is 2.28. The van der Waals surface area contributed by atoms with Crippen LogP contribution in [0.3, 0.4) is 0 Å². The van der Waals surface area contributed by atoms with E-state index in [1.54, 1.807) is 0 Å². The predicted molar refractivity (Wildman–Crippen MR) is 104 cm³/mol. The maximum Gasteiger partial charge on any atom is 0.471 e. The van der Waals surface area contributed by atoms with Crippen molar-refractivity contribution in [1.82, 2.24) is 9.78 Å². The van der Waals surface area contributed by atoms with Gasteiger partial charge in [0.05, 0.1) is 18.4 Å². The average molecular weight is 437 g/mol. The Balaban J connectivity index is 1.93. The summed E-state index contributed by atoms with van der Waals surface area (Å²) in [6.07, 6.45) is 2.64. The Morgan fingerprint density at radius 2 is 1.83 bits per heavy atom. The molecule has 30 heavy (non-hydrogen) atoms. The first-order valence-corrected chi connectivity index (χ1v) is 10.2. The molecule has 11 heteroatoms. The van der Waals surface area contributed by atoms with Crippen molar-refractivity contribution in [1.29, 1.82) is 0 Å². The van der Waals surface area contributed by atoms with Crippen molar-refractivity contribution in [3.05, 3.63) is 83.2 Å². The Labute approximate surface area is 170 Å². The van der Waals surface area contributed by atoms with Crippen molar-refractivity contribution >= 4 is 19.4 Å². The molecule has 2 aromatic carbocycles. The molecule has 158 valence electrons. The van der Waals surface area contributed by atoms with Gasteiger partial charge in [0.2, 0.25) is 0 Å². The number of halogens is 2. The third-order valence-corrected chi connectivity index (χ3v) is 4.75. The molecule has 8 nitrogen and oxygen atoms in total. The van der Waals surface area contributed by atoms with Gasteiger partial charge in [-0.1, -0.05) is 30.3 Å². The van der Waals surface area contributed by atoms with E-state index in [0.29, 0.717) is 11.4 Å². The second-order valence-corrected chi connectivity index (χ2v) is 7.64. The third-order valence-electron chi connectivity index (χ3n) is 4.30. The molecule has 3 rings (SSSR count). The van der Waals surface area contributed by atoms with E-state index in [-0.39, 0.29) is 5.69 Å². The van der Waals surface area contributed by atoms with Crippen LogP contribution in [0.1, 0.15) is 21.5 Å². The number of hydrogen-bond acceptors (Lipinski definition) is 4. The molecular weight excluding hydrogens is 419 g/mol. The summed E-state index contributed by atoms with van der Waals surface area (Å²) in [6.45, 7) is 1.33.